The zero-order valence-electron chi connectivity index (χ0n) is 9.59. The summed E-state index contributed by atoms with van der Waals surface area (Å²) in [5.74, 6) is 0.268. The van der Waals surface area contributed by atoms with Gasteiger partial charge in [-0.15, -0.1) is 0 Å². The average molecular weight is 227 g/mol. The molecule has 0 fully saturated rings. The summed E-state index contributed by atoms with van der Waals surface area (Å²) in [7, 11) is 0. The van der Waals surface area contributed by atoms with Crippen LogP contribution in [0.5, 0.6) is 5.75 Å². The number of aromatic nitrogens is 1. The highest BCUT2D eigenvalue weighted by Crippen LogP contribution is 2.14. The molecule has 0 atom stereocenters. The van der Waals surface area contributed by atoms with Crippen LogP contribution in [0.1, 0.15) is 18.2 Å². The van der Waals surface area contributed by atoms with Crippen molar-refractivity contribution in [2.24, 2.45) is 0 Å². The van der Waals surface area contributed by atoms with E-state index in [1.165, 1.54) is 6.92 Å². The van der Waals surface area contributed by atoms with Gasteiger partial charge in [-0.25, -0.2) is 0 Å². The second-order valence-electron chi connectivity index (χ2n) is 3.74. The van der Waals surface area contributed by atoms with Gasteiger partial charge in [0.05, 0.1) is 0 Å². The van der Waals surface area contributed by atoms with E-state index in [9.17, 15) is 4.79 Å². The Morgan fingerprint density at radius 1 is 1.18 bits per heavy atom. The van der Waals surface area contributed by atoms with E-state index in [-0.39, 0.29) is 5.97 Å². The first kappa shape index (κ1) is 11.3. The molecule has 0 unspecified atom stereocenters. The maximum absolute atomic E-state index is 10.8. The van der Waals surface area contributed by atoms with E-state index in [0.29, 0.717) is 5.75 Å². The SMILES string of the molecule is CC(=O)Oc1ccc(Cc2ccccn2)cc1. The van der Waals surface area contributed by atoms with Crippen LogP contribution in [0.2, 0.25) is 0 Å². The molecule has 0 aliphatic rings. The van der Waals surface area contributed by atoms with Crippen molar-refractivity contribution in [3.05, 3.63) is 59.9 Å². The highest BCUT2D eigenvalue weighted by atomic mass is 16.5. The van der Waals surface area contributed by atoms with Crippen molar-refractivity contribution in [3.8, 4) is 5.75 Å². The smallest absolute Gasteiger partial charge is 0.308 e. The number of carbonyl (C=O) groups is 1. The molecule has 0 saturated heterocycles. The van der Waals surface area contributed by atoms with Gasteiger partial charge < -0.3 is 4.74 Å². The third-order valence-corrected chi connectivity index (χ3v) is 2.30. The van der Waals surface area contributed by atoms with Crippen LogP contribution in [0, 0.1) is 0 Å². The number of nitrogens with zero attached hydrogens (tertiary/aromatic N) is 1. The van der Waals surface area contributed by atoms with Crippen molar-refractivity contribution in [2.45, 2.75) is 13.3 Å². The molecule has 3 nitrogen and oxygen atoms in total. The highest BCUT2D eigenvalue weighted by molar-refractivity contribution is 5.69. The lowest BCUT2D eigenvalue weighted by Crippen LogP contribution is -2.01. The third kappa shape index (κ3) is 3.41. The van der Waals surface area contributed by atoms with Gasteiger partial charge in [-0.3, -0.25) is 9.78 Å². The van der Waals surface area contributed by atoms with E-state index in [1.807, 2.05) is 30.3 Å². The second-order valence-corrected chi connectivity index (χ2v) is 3.74. The molecule has 0 N–H and O–H groups in total. The predicted octanol–water partition coefficient (Wildman–Crippen LogP) is 2.60. The van der Waals surface area contributed by atoms with Gasteiger partial charge in [0.1, 0.15) is 5.75 Å². The lowest BCUT2D eigenvalue weighted by Gasteiger charge is -2.03. The van der Waals surface area contributed by atoms with Crippen LogP contribution in [0.4, 0.5) is 0 Å². The molecule has 1 aromatic carbocycles. The van der Waals surface area contributed by atoms with Gasteiger partial charge in [0.2, 0.25) is 0 Å². The molecular weight excluding hydrogens is 214 g/mol. The van der Waals surface area contributed by atoms with Crippen LogP contribution in [0.15, 0.2) is 48.7 Å². The van der Waals surface area contributed by atoms with E-state index in [0.717, 1.165) is 17.7 Å². The molecule has 1 aromatic heterocycles. The van der Waals surface area contributed by atoms with E-state index in [2.05, 4.69) is 4.98 Å². The van der Waals surface area contributed by atoms with Crippen molar-refractivity contribution < 1.29 is 9.53 Å². The predicted molar refractivity (Wildman–Crippen MR) is 64.8 cm³/mol. The summed E-state index contributed by atoms with van der Waals surface area (Å²) in [6.45, 7) is 1.39. The summed E-state index contributed by atoms with van der Waals surface area (Å²) >= 11 is 0. The highest BCUT2D eigenvalue weighted by Gasteiger charge is 2.00. The van der Waals surface area contributed by atoms with E-state index < -0.39 is 0 Å². The van der Waals surface area contributed by atoms with Crippen LogP contribution in [0.25, 0.3) is 0 Å². The monoisotopic (exact) mass is 227 g/mol. The van der Waals surface area contributed by atoms with Gasteiger partial charge in [0.15, 0.2) is 0 Å². The van der Waals surface area contributed by atoms with Gasteiger partial charge in [0, 0.05) is 25.2 Å². The van der Waals surface area contributed by atoms with Crippen molar-refractivity contribution in [2.75, 3.05) is 0 Å². The maximum atomic E-state index is 10.8. The summed E-state index contributed by atoms with van der Waals surface area (Å²) in [5, 5.41) is 0. The molecule has 2 rings (SSSR count). The number of rotatable bonds is 3. The van der Waals surface area contributed by atoms with Crippen molar-refractivity contribution in [1.82, 2.24) is 4.98 Å². The third-order valence-electron chi connectivity index (χ3n) is 2.30. The van der Waals surface area contributed by atoms with Gasteiger partial charge in [0.25, 0.3) is 0 Å². The molecule has 2 aromatic rings. The lowest BCUT2D eigenvalue weighted by atomic mass is 10.1. The molecule has 1 heterocycles. The first-order valence-corrected chi connectivity index (χ1v) is 5.41. The summed E-state index contributed by atoms with van der Waals surface area (Å²) in [5.41, 5.74) is 2.16. The number of carbonyl (C=O) groups excluding carboxylic acids is 1. The topological polar surface area (TPSA) is 39.2 Å². The lowest BCUT2D eigenvalue weighted by molar-refractivity contribution is -0.131. The molecule has 0 aliphatic heterocycles. The number of benzene rings is 1. The zero-order chi connectivity index (χ0) is 12.1. The van der Waals surface area contributed by atoms with Crippen LogP contribution in [-0.4, -0.2) is 11.0 Å². The van der Waals surface area contributed by atoms with Gasteiger partial charge >= 0.3 is 5.97 Å². The molecule has 0 spiro atoms. The Balaban J connectivity index is 2.06. The quantitative estimate of drug-likeness (QED) is 0.597. The van der Waals surface area contributed by atoms with Gasteiger partial charge in [-0.2, -0.15) is 0 Å². The summed E-state index contributed by atoms with van der Waals surface area (Å²) in [6.07, 6.45) is 2.56. The fourth-order valence-electron chi connectivity index (χ4n) is 1.55. The number of ether oxygens (including phenoxy) is 1. The Kier molecular flexibility index (Phi) is 3.50. The van der Waals surface area contributed by atoms with Gasteiger partial charge in [-0.1, -0.05) is 18.2 Å². The summed E-state index contributed by atoms with van der Waals surface area (Å²) < 4.78 is 4.96. The molecule has 3 heteroatoms. The standard InChI is InChI=1S/C14H13NO2/c1-11(16)17-14-7-5-12(6-8-14)10-13-4-2-3-9-15-13/h2-9H,10H2,1H3. The van der Waals surface area contributed by atoms with Crippen LogP contribution >= 0.6 is 0 Å². The average Bonchev–Trinajstić information content (AvgIpc) is 2.32. The van der Waals surface area contributed by atoms with Crippen LogP contribution < -0.4 is 4.74 Å². The zero-order valence-corrected chi connectivity index (χ0v) is 9.59. The Morgan fingerprint density at radius 2 is 1.94 bits per heavy atom. The maximum Gasteiger partial charge on any atom is 0.308 e. The normalized spacial score (nSPS) is 9.94. The van der Waals surface area contributed by atoms with Crippen molar-refractivity contribution in [1.29, 1.82) is 0 Å². The van der Waals surface area contributed by atoms with Gasteiger partial charge in [-0.05, 0) is 29.8 Å². The first-order valence-electron chi connectivity index (χ1n) is 5.41. The molecule has 0 radical (unpaired) electrons. The van der Waals surface area contributed by atoms with Crippen LogP contribution in [-0.2, 0) is 11.2 Å². The number of hydrogen-bond donors (Lipinski definition) is 0. The molecule has 86 valence electrons. The van der Waals surface area contributed by atoms with Crippen LogP contribution in [0.3, 0.4) is 0 Å². The molecule has 17 heavy (non-hydrogen) atoms. The van der Waals surface area contributed by atoms with E-state index in [1.54, 1.807) is 18.3 Å². The Bertz CT molecular complexity index is 491. The minimum Gasteiger partial charge on any atom is -0.427 e. The Labute approximate surface area is 100 Å². The van der Waals surface area contributed by atoms with Crippen molar-refractivity contribution >= 4 is 5.97 Å². The van der Waals surface area contributed by atoms with Crippen molar-refractivity contribution in [3.63, 3.8) is 0 Å². The molecule has 0 bridgehead atoms. The molecular formula is C14H13NO2. The largest absolute Gasteiger partial charge is 0.427 e. The Hall–Kier alpha value is -2.16. The first-order chi connectivity index (χ1) is 8.24. The minimum atomic E-state index is -0.303. The number of pyridine rings is 1. The second kappa shape index (κ2) is 5.25. The number of esters is 1. The minimum absolute atomic E-state index is 0.303. The fraction of sp³-hybridized carbons (Fsp3) is 0.143. The Morgan fingerprint density at radius 3 is 2.53 bits per heavy atom. The summed E-state index contributed by atoms with van der Waals surface area (Å²) in [4.78, 5) is 15.0. The fourth-order valence-corrected chi connectivity index (χ4v) is 1.55. The molecule has 0 saturated carbocycles. The molecule has 0 amide bonds. The number of hydrogen-bond acceptors (Lipinski definition) is 3. The molecule has 0 aliphatic carbocycles. The summed E-state index contributed by atoms with van der Waals surface area (Å²) in [6, 6.07) is 13.3. The van der Waals surface area contributed by atoms with E-state index in [4.69, 9.17) is 4.74 Å². The van der Waals surface area contributed by atoms with E-state index >= 15 is 0 Å².